The summed E-state index contributed by atoms with van der Waals surface area (Å²) in [7, 11) is -1.74. The molecule has 4 aromatic rings. The molecule has 7 nitrogen and oxygen atoms in total. The maximum atomic E-state index is 13.4. The summed E-state index contributed by atoms with van der Waals surface area (Å²) < 4.78 is 31.6. The van der Waals surface area contributed by atoms with Crippen LogP contribution in [0.1, 0.15) is 37.2 Å². The Kier molecular flexibility index (Phi) is 8.51. The standard InChI is InChI=1S/C29H37N5O2S/c1-4-34(5-2)20-8-10-23-9-6-7-11-28(23)37(35,36)32-25-17-18-27-26(21-25)31-29(33(27)3)19-14-22-12-15-24(30)16-13-22/h6-7,9,11-13,15-18,21,32H,4-5,8,10,14,19-20,30H2,1-3H3. The first kappa shape index (κ1) is 26.7. The molecule has 1 aromatic heterocycles. The van der Waals surface area contributed by atoms with Crippen LogP contribution in [0.5, 0.6) is 0 Å². The third-order valence-corrected chi connectivity index (χ3v) is 8.40. The second-order valence-corrected chi connectivity index (χ2v) is 11.0. The van der Waals surface area contributed by atoms with Crippen LogP contribution in [0.3, 0.4) is 0 Å². The number of anilines is 2. The number of nitrogens with two attached hydrogens (primary N) is 1. The molecule has 3 aromatic carbocycles. The summed E-state index contributed by atoms with van der Waals surface area (Å²) in [5, 5.41) is 0. The summed E-state index contributed by atoms with van der Waals surface area (Å²) in [6.45, 7) is 7.24. The monoisotopic (exact) mass is 519 g/mol. The van der Waals surface area contributed by atoms with E-state index in [9.17, 15) is 8.42 Å². The summed E-state index contributed by atoms with van der Waals surface area (Å²) >= 11 is 0. The Bertz CT molecular complexity index is 1440. The number of hydrogen-bond donors (Lipinski definition) is 2. The number of sulfonamides is 1. The van der Waals surface area contributed by atoms with E-state index in [1.165, 1.54) is 5.56 Å². The van der Waals surface area contributed by atoms with Crippen molar-refractivity contribution in [1.29, 1.82) is 0 Å². The number of fused-ring (bicyclic) bond motifs is 1. The van der Waals surface area contributed by atoms with Gasteiger partial charge in [-0.25, -0.2) is 13.4 Å². The number of hydrogen-bond acceptors (Lipinski definition) is 5. The SMILES string of the molecule is CCN(CC)CCCc1ccccc1S(=O)(=O)Nc1ccc2c(c1)nc(CCc1ccc(N)cc1)n2C. The number of imidazole rings is 1. The van der Waals surface area contributed by atoms with Gasteiger partial charge in [0.25, 0.3) is 10.0 Å². The van der Waals surface area contributed by atoms with Gasteiger partial charge in [-0.3, -0.25) is 4.72 Å². The van der Waals surface area contributed by atoms with Crippen molar-refractivity contribution in [3.05, 3.63) is 83.7 Å². The Morgan fingerprint density at radius 1 is 0.946 bits per heavy atom. The highest BCUT2D eigenvalue weighted by Crippen LogP contribution is 2.25. The zero-order chi connectivity index (χ0) is 26.4. The molecule has 0 aliphatic rings. The van der Waals surface area contributed by atoms with Crippen LogP contribution in [-0.4, -0.2) is 42.5 Å². The zero-order valence-corrected chi connectivity index (χ0v) is 22.8. The van der Waals surface area contributed by atoms with Crippen LogP contribution < -0.4 is 10.5 Å². The van der Waals surface area contributed by atoms with Crippen LogP contribution in [0.15, 0.2) is 71.6 Å². The van der Waals surface area contributed by atoms with Crippen molar-refractivity contribution in [2.45, 2.75) is 44.4 Å². The van der Waals surface area contributed by atoms with Crippen molar-refractivity contribution in [2.75, 3.05) is 30.1 Å². The van der Waals surface area contributed by atoms with E-state index in [0.29, 0.717) is 17.0 Å². The third-order valence-electron chi connectivity index (χ3n) is 6.92. The number of nitrogens with zero attached hydrogens (tertiary/aromatic N) is 3. The molecule has 0 amide bonds. The van der Waals surface area contributed by atoms with Gasteiger partial charge in [0.15, 0.2) is 0 Å². The van der Waals surface area contributed by atoms with Crippen LogP contribution in [0.2, 0.25) is 0 Å². The van der Waals surface area contributed by atoms with Crippen LogP contribution in [-0.2, 0) is 36.3 Å². The number of rotatable bonds is 12. The maximum Gasteiger partial charge on any atom is 0.262 e. The van der Waals surface area contributed by atoms with E-state index in [4.69, 9.17) is 10.7 Å². The van der Waals surface area contributed by atoms with Crippen molar-refractivity contribution >= 4 is 32.4 Å². The lowest BCUT2D eigenvalue weighted by molar-refractivity contribution is 0.300. The van der Waals surface area contributed by atoms with Gasteiger partial charge in [-0.15, -0.1) is 0 Å². The fourth-order valence-electron chi connectivity index (χ4n) is 4.69. The molecule has 0 radical (unpaired) electrons. The summed E-state index contributed by atoms with van der Waals surface area (Å²) in [6.07, 6.45) is 3.25. The molecule has 8 heteroatoms. The molecule has 0 unspecified atom stereocenters. The Morgan fingerprint density at radius 3 is 2.41 bits per heavy atom. The van der Waals surface area contributed by atoms with Gasteiger partial charge in [0.1, 0.15) is 5.82 Å². The Hall–Kier alpha value is -3.36. The maximum absolute atomic E-state index is 13.4. The zero-order valence-electron chi connectivity index (χ0n) is 21.9. The number of nitrogen functional groups attached to an aromatic ring is 1. The normalized spacial score (nSPS) is 11.9. The average molecular weight is 520 g/mol. The van der Waals surface area contributed by atoms with Crippen LogP contribution >= 0.6 is 0 Å². The molecular formula is C29H37N5O2S. The quantitative estimate of drug-likeness (QED) is 0.257. The molecule has 0 spiro atoms. The van der Waals surface area contributed by atoms with Gasteiger partial charge in [-0.05, 0) is 86.4 Å². The summed E-state index contributed by atoms with van der Waals surface area (Å²) in [5.74, 6) is 0.949. The van der Waals surface area contributed by atoms with E-state index in [-0.39, 0.29) is 0 Å². The lowest BCUT2D eigenvalue weighted by Gasteiger charge is -2.18. The molecule has 0 atom stereocenters. The second kappa shape index (κ2) is 11.8. The topological polar surface area (TPSA) is 93.2 Å². The summed E-state index contributed by atoms with van der Waals surface area (Å²) in [6, 6.07) is 20.7. The molecule has 0 aliphatic heterocycles. The van der Waals surface area contributed by atoms with Gasteiger partial charge >= 0.3 is 0 Å². The largest absolute Gasteiger partial charge is 0.399 e. The van der Waals surface area contributed by atoms with E-state index in [2.05, 4.69) is 28.0 Å². The van der Waals surface area contributed by atoms with Gasteiger partial charge in [-0.1, -0.05) is 44.2 Å². The summed E-state index contributed by atoms with van der Waals surface area (Å²) in [4.78, 5) is 7.48. The van der Waals surface area contributed by atoms with Crippen LogP contribution in [0.4, 0.5) is 11.4 Å². The minimum absolute atomic E-state index is 0.333. The molecular weight excluding hydrogens is 482 g/mol. The molecule has 0 aliphatic carbocycles. The Labute approximate surface area is 220 Å². The van der Waals surface area contributed by atoms with E-state index in [1.807, 2.05) is 55.6 Å². The fourth-order valence-corrected chi connectivity index (χ4v) is 6.01. The number of aromatic nitrogens is 2. The van der Waals surface area contributed by atoms with Gasteiger partial charge in [0.05, 0.1) is 21.6 Å². The van der Waals surface area contributed by atoms with Gasteiger partial charge in [0.2, 0.25) is 0 Å². The van der Waals surface area contributed by atoms with E-state index in [0.717, 1.165) is 67.0 Å². The van der Waals surface area contributed by atoms with Crippen molar-refractivity contribution in [1.82, 2.24) is 14.5 Å². The second-order valence-electron chi connectivity index (χ2n) is 9.38. The first-order valence-electron chi connectivity index (χ1n) is 12.9. The van der Waals surface area contributed by atoms with E-state index in [1.54, 1.807) is 18.2 Å². The van der Waals surface area contributed by atoms with E-state index >= 15 is 0 Å². The highest BCUT2D eigenvalue weighted by Gasteiger charge is 2.19. The fraction of sp³-hybridized carbons (Fsp3) is 0.345. The summed E-state index contributed by atoms with van der Waals surface area (Å²) in [5.41, 5.74) is 10.8. The van der Waals surface area contributed by atoms with E-state index < -0.39 is 10.0 Å². The predicted molar refractivity (Wildman–Crippen MR) is 152 cm³/mol. The molecule has 0 fully saturated rings. The number of benzene rings is 3. The molecule has 0 saturated carbocycles. The number of aryl methyl sites for hydroxylation is 4. The van der Waals surface area contributed by atoms with Crippen molar-refractivity contribution < 1.29 is 8.42 Å². The third kappa shape index (κ3) is 6.50. The Morgan fingerprint density at radius 2 is 1.68 bits per heavy atom. The van der Waals surface area contributed by atoms with Gasteiger partial charge in [0, 0.05) is 19.2 Å². The number of nitrogens with one attached hydrogen (secondary N) is 1. The van der Waals surface area contributed by atoms with Gasteiger partial charge in [-0.2, -0.15) is 0 Å². The highest BCUT2D eigenvalue weighted by molar-refractivity contribution is 7.92. The molecule has 3 N–H and O–H groups in total. The van der Waals surface area contributed by atoms with Crippen LogP contribution in [0, 0.1) is 0 Å². The van der Waals surface area contributed by atoms with Crippen molar-refractivity contribution in [3.63, 3.8) is 0 Å². The molecule has 0 saturated heterocycles. The first-order chi connectivity index (χ1) is 17.8. The van der Waals surface area contributed by atoms with Crippen molar-refractivity contribution in [3.8, 4) is 0 Å². The minimum atomic E-state index is -3.74. The lowest BCUT2D eigenvalue weighted by atomic mass is 10.1. The molecule has 37 heavy (non-hydrogen) atoms. The Balaban J connectivity index is 1.49. The molecule has 196 valence electrons. The predicted octanol–water partition coefficient (Wildman–Crippen LogP) is 5.02. The first-order valence-corrected chi connectivity index (χ1v) is 14.4. The smallest absolute Gasteiger partial charge is 0.262 e. The minimum Gasteiger partial charge on any atom is -0.399 e. The molecule has 1 heterocycles. The average Bonchev–Trinajstić information content (AvgIpc) is 3.20. The van der Waals surface area contributed by atoms with Crippen molar-refractivity contribution in [2.24, 2.45) is 7.05 Å². The lowest BCUT2D eigenvalue weighted by Crippen LogP contribution is -2.24. The molecule has 0 bridgehead atoms. The highest BCUT2D eigenvalue weighted by atomic mass is 32.2. The van der Waals surface area contributed by atoms with Gasteiger partial charge < -0.3 is 15.2 Å². The molecule has 4 rings (SSSR count). The van der Waals surface area contributed by atoms with Crippen LogP contribution in [0.25, 0.3) is 11.0 Å².